The van der Waals surface area contributed by atoms with Gasteiger partial charge in [0.15, 0.2) is 0 Å². The molecule has 2 atom stereocenters. The third kappa shape index (κ3) is 4.06. The van der Waals surface area contributed by atoms with Gasteiger partial charge in [0.1, 0.15) is 22.4 Å². The zero-order chi connectivity index (χ0) is 15.2. The van der Waals surface area contributed by atoms with Crippen LogP contribution in [-0.4, -0.2) is 23.0 Å². The van der Waals surface area contributed by atoms with Crippen LogP contribution in [0.2, 0.25) is 0 Å². The van der Waals surface area contributed by atoms with E-state index in [1.807, 2.05) is 6.07 Å². The van der Waals surface area contributed by atoms with Crippen LogP contribution in [0.5, 0.6) is 11.5 Å². The largest absolute Gasteiger partial charge is 0.497 e. The molecule has 110 valence electrons. The SMILES string of the molecule is COc1ccc(C(O)C(Br)C(=O)Oc2ccccc2)cc1. The van der Waals surface area contributed by atoms with Crippen LogP contribution < -0.4 is 9.47 Å². The Bertz CT molecular complexity index is 583. The van der Waals surface area contributed by atoms with Crippen molar-refractivity contribution in [2.24, 2.45) is 0 Å². The summed E-state index contributed by atoms with van der Waals surface area (Å²) in [5.74, 6) is 0.572. The maximum atomic E-state index is 12.0. The topological polar surface area (TPSA) is 55.8 Å². The zero-order valence-electron chi connectivity index (χ0n) is 11.4. The van der Waals surface area contributed by atoms with Crippen LogP contribution in [0.1, 0.15) is 11.7 Å². The fourth-order valence-electron chi connectivity index (χ4n) is 1.76. The summed E-state index contributed by atoms with van der Waals surface area (Å²) in [6.07, 6.45) is -1.01. The summed E-state index contributed by atoms with van der Waals surface area (Å²) >= 11 is 3.18. The summed E-state index contributed by atoms with van der Waals surface area (Å²) in [6, 6.07) is 15.6. The smallest absolute Gasteiger partial charge is 0.328 e. The number of benzene rings is 2. The number of halogens is 1. The van der Waals surface area contributed by atoms with Gasteiger partial charge in [-0.3, -0.25) is 4.79 Å². The molecule has 2 rings (SSSR count). The third-order valence-electron chi connectivity index (χ3n) is 2.92. The highest BCUT2D eigenvalue weighted by atomic mass is 79.9. The van der Waals surface area contributed by atoms with Gasteiger partial charge in [0.2, 0.25) is 0 Å². The van der Waals surface area contributed by atoms with Crippen molar-refractivity contribution >= 4 is 21.9 Å². The number of aliphatic hydroxyl groups excluding tert-OH is 1. The summed E-state index contributed by atoms with van der Waals surface area (Å²) < 4.78 is 10.2. The Morgan fingerprint density at radius 1 is 1.05 bits per heavy atom. The maximum Gasteiger partial charge on any atom is 0.328 e. The number of aliphatic hydroxyl groups is 1. The number of esters is 1. The molecule has 0 aromatic heterocycles. The molecule has 0 spiro atoms. The average Bonchev–Trinajstić information content (AvgIpc) is 2.54. The number of hydrogen-bond acceptors (Lipinski definition) is 4. The van der Waals surface area contributed by atoms with E-state index >= 15 is 0 Å². The van der Waals surface area contributed by atoms with Crippen LogP contribution in [0.15, 0.2) is 54.6 Å². The summed E-state index contributed by atoms with van der Waals surface area (Å²) in [7, 11) is 1.57. The van der Waals surface area contributed by atoms with E-state index in [0.29, 0.717) is 17.1 Å². The molecule has 4 nitrogen and oxygen atoms in total. The normalized spacial score (nSPS) is 13.3. The number of carbonyl (C=O) groups is 1. The lowest BCUT2D eigenvalue weighted by Gasteiger charge is -2.17. The Balaban J connectivity index is 2.03. The molecule has 0 saturated carbocycles. The van der Waals surface area contributed by atoms with Crippen molar-refractivity contribution in [3.63, 3.8) is 0 Å². The Morgan fingerprint density at radius 3 is 2.24 bits per heavy atom. The van der Waals surface area contributed by atoms with E-state index in [1.165, 1.54) is 0 Å². The summed E-state index contributed by atoms with van der Waals surface area (Å²) in [4.78, 5) is 11.1. The summed E-state index contributed by atoms with van der Waals surface area (Å²) in [5.41, 5.74) is 0.600. The minimum absolute atomic E-state index is 0.439. The molecule has 0 aliphatic rings. The predicted octanol–water partition coefficient (Wildman–Crippen LogP) is 3.10. The van der Waals surface area contributed by atoms with Crippen molar-refractivity contribution < 1.29 is 19.4 Å². The number of rotatable bonds is 5. The Kier molecular flexibility index (Phi) is 5.36. The molecule has 0 fully saturated rings. The molecule has 0 heterocycles. The molecule has 2 aromatic carbocycles. The lowest BCUT2D eigenvalue weighted by Crippen LogP contribution is -2.26. The second-order valence-electron chi connectivity index (χ2n) is 4.35. The van der Waals surface area contributed by atoms with E-state index in [4.69, 9.17) is 9.47 Å². The van der Waals surface area contributed by atoms with Gasteiger partial charge in [-0.1, -0.05) is 46.3 Å². The molecule has 1 N–H and O–H groups in total. The molecular formula is C16H15BrO4. The van der Waals surface area contributed by atoms with Crippen molar-refractivity contribution in [2.45, 2.75) is 10.9 Å². The highest BCUT2D eigenvalue weighted by molar-refractivity contribution is 9.10. The molecule has 0 aliphatic carbocycles. The van der Waals surface area contributed by atoms with E-state index in [1.54, 1.807) is 55.6 Å². The summed E-state index contributed by atoms with van der Waals surface area (Å²) in [6.45, 7) is 0. The number of para-hydroxylation sites is 1. The van der Waals surface area contributed by atoms with Gasteiger partial charge in [-0.25, -0.2) is 0 Å². The minimum Gasteiger partial charge on any atom is -0.497 e. The molecule has 5 heteroatoms. The molecule has 2 unspecified atom stereocenters. The first-order chi connectivity index (χ1) is 10.1. The first-order valence-corrected chi connectivity index (χ1v) is 7.26. The van der Waals surface area contributed by atoms with Gasteiger partial charge in [0.05, 0.1) is 7.11 Å². The van der Waals surface area contributed by atoms with E-state index in [-0.39, 0.29) is 0 Å². The number of alkyl halides is 1. The average molecular weight is 351 g/mol. The molecule has 0 radical (unpaired) electrons. The van der Waals surface area contributed by atoms with Crippen molar-refractivity contribution in [3.05, 3.63) is 60.2 Å². The number of carbonyl (C=O) groups excluding carboxylic acids is 1. The van der Waals surface area contributed by atoms with Crippen LogP contribution >= 0.6 is 15.9 Å². The van der Waals surface area contributed by atoms with E-state index < -0.39 is 16.9 Å². The molecule has 21 heavy (non-hydrogen) atoms. The standard InChI is InChI=1S/C16H15BrO4/c1-20-12-9-7-11(8-10-12)15(18)14(17)16(19)21-13-5-3-2-4-6-13/h2-10,14-15,18H,1H3. The Hall–Kier alpha value is -1.85. The van der Waals surface area contributed by atoms with Gasteiger partial charge in [-0.15, -0.1) is 0 Å². The maximum absolute atomic E-state index is 12.0. The molecule has 0 aliphatic heterocycles. The molecule has 0 saturated heterocycles. The minimum atomic E-state index is -1.01. The van der Waals surface area contributed by atoms with Crippen molar-refractivity contribution in [2.75, 3.05) is 7.11 Å². The van der Waals surface area contributed by atoms with Crippen LogP contribution in [0.4, 0.5) is 0 Å². The highest BCUT2D eigenvalue weighted by Crippen LogP contribution is 2.26. The molecule has 0 bridgehead atoms. The first kappa shape index (κ1) is 15.5. The summed E-state index contributed by atoms with van der Waals surface area (Å²) in [5, 5.41) is 10.2. The van der Waals surface area contributed by atoms with Gasteiger partial charge in [0.25, 0.3) is 0 Å². The molecule has 0 amide bonds. The Morgan fingerprint density at radius 2 is 1.67 bits per heavy atom. The second kappa shape index (κ2) is 7.24. The number of ether oxygens (including phenoxy) is 2. The number of hydrogen-bond donors (Lipinski definition) is 1. The zero-order valence-corrected chi connectivity index (χ0v) is 13.0. The van der Waals surface area contributed by atoms with Crippen LogP contribution in [0.25, 0.3) is 0 Å². The lowest BCUT2D eigenvalue weighted by atomic mass is 10.1. The fraction of sp³-hybridized carbons (Fsp3) is 0.188. The first-order valence-electron chi connectivity index (χ1n) is 6.34. The van der Waals surface area contributed by atoms with Gasteiger partial charge in [-0.05, 0) is 29.8 Å². The van der Waals surface area contributed by atoms with Gasteiger partial charge < -0.3 is 14.6 Å². The molecular weight excluding hydrogens is 336 g/mol. The van der Waals surface area contributed by atoms with Crippen LogP contribution in [-0.2, 0) is 4.79 Å². The lowest BCUT2D eigenvalue weighted by molar-refractivity contribution is -0.135. The van der Waals surface area contributed by atoms with Gasteiger partial charge in [-0.2, -0.15) is 0 Å². The van der Waals surface area contributed by atoms with Crippen LogP contribution in [0, 0.1) is 0 Å². The van der Waals surface area contributed by atoms with E-state index in [0.717, 1.165) is 0 Å². The Labute approximate surface area is 131 Å². The van der Waals surface area contributed by atoms with Gasteiger partial charge >= 0.3 is 5.97 Å². The van der Waals surface area contributed by atoms with Crippen molar-refractivity contribution in [1.82, 2.24) is 0 Å². The second-order valence-corrected chi connectivity index (χ2v) is 5.34. The van der Waals surface area contributed by atoms with Crippen molar-refractivity contribution in [1.29, 1.82) is 0 Å². The van der Waals surface area contributed by atoms with Crippen molar-refractivity contribution in [3.8, 4) is 11.5 Å². The highest BCUT2D eigenvalue weighted by Gasteiger charge is 2.27. The fourth-order valence-corrected chi connectivity index (χ4v) is 2.16. The monoisotopic (exact) mass is 350 g/mol. The predicted molar refractivity (Wildman–Crippen MR) is 82.7 cm³/mol. The van der Waals surface area contributed by atoms with Crippen LogP contribution in [0.3, 0.4) is 0 Å². The molecule has 2 aromatic rings. The van der Waals surface area contributed by atoms with E-state index in [9.17, 15) is 9.90 Å². The number of methoxy groups -OCH3 is 1. The quantitative estimate of drug-likeness (QED) is 0.511. The van der Waals surface area contributed by atoms with Gasteiger partial charge in [0, 0.05) is 0 Å². The third-order valence-corrected chi connectivity index (χ3v) is 3.80. The van der Waals surface area contributed by atoms with E-state index in [2.05, 4.69) is 15.9 Å².